The first-order valence-electron chi connectivity index (χ1n) is 11.8. The highest BCUT2D eigenvalue weighted by molar-refractivity contribution is 9.10. The van der Waals surface area contributed by atoms with Crippen molar-refractivity contribution in [1.29, 1.82) is 5.26 Å². The Morgan fingerprint density at radius 1 is 0.974 bits per heavy atom. The Labute approximate surface area is 234 Å². The smallest absolute Gasteiger partial charge is 0.337 e. The van der Waals surface area contributed by atoms with E-state index in [1.54, 1.807) is 31.2 Å². The molecule has 0 saturated carbocycles. The number of aryl methyl sites for hydroxylation is 1. The van der Waals surface area contributed by atoms with Crippen LogP contribution in [0.1, 0.15) is 28.4 Å². The van der Waals surface area contributed by atoms with E-state index < -0.39 is 11.9 Å². The molecule has 0 fully saturated rings. The Bertz CT molecular complexity index is 1430. The molecule has 0 aliphatic carbocycles. The second-order valence-electron chi connectivity index (χ2n) is 8.16. The van der Waals surface area contributed by atoms with Crippen molar-refractivity contribution in [3.8, 4) is 17.6 Å². The molecule has 0 unspecified atom stereocenters. The molecular weight excluding hydrogens is 566 g/mol. The summed E-state index contributed by atoms with van der Waals surface area (Å²) in [5.41, 5.74) is 2.80. The number of amides is 2. The number of anilines is 2. The average Bonchev–Trinajstić information content (AvgIpc) is 2.92. The first-order valence-corrected chi connectivity index (χ1v) is 12.6. The maximum Gasteiger partial charge on any atom is 0.337 e. The fourth-order valence-corrected chi connectivity index (χ4v) is 3.94. The van der Waals surface area contributed by atoms with Gasteiger partial charge in [-0.3, -0.25) is 9.59 Å². The van der Waals surface area contributed by atoms with Crippen molar-refractivity contribution in [1.82, 2.24) is 0 Å². The number of methoxy groups -OCH3 is 1. The number of hydrogen-bond acceptors (Lipinski definition) is 7. The number of rotatable bonds is 10. The van der Waals surface area contributed by atoms with E-state index in [4.69, 9.17) is 9.47 Å². The molecule has 0 bridgehead atoms. The summed E-state index contributed by atoms with van der Waals surface area (Å²) in [6.07, 6.45) is 1.40. The van der Waals surface area contributed by atoms with Crippen molar-refractivity contribution in [2.24, 2.45) is 0 Å². The summed E-state index contributed by atoms with van der Waals surface area (Å²) in [6.45, 7) is 3.81. The van der Waals surface area contributed by atoms with Crippen molar-refractivity contribution in [3.05, 3.63) is 87.4 Å². The summed E-state index contributed by atoms with van der Waals surface area (Å²) >= 11 is 3.43. The first-order chi connectivity index (χ1) is 18.7. The second kappa shape index (κ2) is 13.8. The van der Waals surface area contributed by atoms with Gasteiger partial charge in [0.25, 0.3) is 11.8 Å². The van der Waals surface area contributed by atoms with Crippen LogP contribution in [0, 0.1) is 18.3 Å². The predicted octanol–water partition coefficient (Wildman–Crippen LogP) is 5.51. The largest absolute Gasteiger partial charge is 0.490 e. The van der Waals surface area contributed by atoms with Gasteiger partial charge < -0.3 is 24.8 Å². The highest BCUT2D eigenvalue weighted by Crippen LogP contribution is 2.37. The number of carbonyl (C=O) groups excluding carboxylic acids is 3. The van der Waals surface area contributed by atoms with Crippen molar-refractivity contribution in [3.63, 3.8) is 0 Å². The van der Waals surface area contributed by atoms with Gasteiger partial charge in [0.15, 0.2) is 18.1 Å². The molecule has 39 heavy (non-hydrogen) atoms. The number of esters is 1. The molecule has 200 valence electrons. The van der Waals surface area contributed by atoms with Crippen molar-refractivity contribution in [2.75, 3.05) is 31.0 Å². The quantitative estimate of drug-likeness (QED) is 0.181. The summed E-state index contributed by atoms with van der Waals surface area (Å²) in [6, 6.07) is 18.6. The lowest BCUT2D eigenvalue weighted by molar-refractivity contribution is -0.118. The van der Waals surface area contributed by atoms with Gasteiger partial charge >= 0.3 is 5.97 Å². The molecule has 0 atom stereocenters. The summed E-state index contributed by atoms with van der Waals surface area (Å²) in [4.78, 5) is 36.7. The van der Waals surface area contributed by atoms with Crippen LogP contribution in [-0.2, 0) is 14.3 Å². The summed E-state index contributed by atoms with van der Waals surface area (Å²) in [7, 11) is 1.28. The molecule has 0 radical (unpaired) electrons. The Morgan fingerprint density at radius 2 is 1.62 bits per heavy atom. The number of benzene rings is 3. The molecule has 9 nitrogen and oxygen atoms in total. The van der Waals surface area contributed by atoms with E-state index in [-0.39, 0.29) is 18.1 Å². The van der Waals surface area contributed by atoms with Gasteiger partial charge in [-0.2, -0.15) is 5.26 Å². The lowest BCUT2D eigenvalue weighted by Gasteiger charge is -2.15. The number of hydrogen-bond donors (Lipinski definition) is 2. The molecule has 2 N–H and O–H groups in total. The SMILES string of the molecule is CCOc1cc(/C=C(\C#N)C(=O)Nc2ccc(C(=O)OC)cc2)cc(Br)c1OCC(=O)Nc1ccc(C)cc1. The zero-order chi connectivity index (χ0) is 28.4. The fourth-order valence-electron chi connectivity index (χ4n) is 3.37. The van der Waals surface area contributed by atoms with Gasteiger partial charge in [-0.25, -0.2) is 4.79 Å². The van der Waals surface area contributed by atoms with Gasteiger partial charge in [-0.15, -0.1) is 0 Å². The normalized spacial score (nSPS) is 10.7. The zero-order valence-electron chi connectivity index (χ0n) is 21.5. The molecule has 0 aliphatic rings. The average molecular weight is 592 g/mol. The number of nitriles is 1. The van der Waals surface area contributed by atoms with Crippen LogP contribution >= 0.6 is 15.9 Å². The van der Waals surface area contributed by atoms with Crippen LogP contribution in [0.3, 0.4) is 0 Å². The van der Waals surface area contributed by atoms with Crippen LogP contribution in [0.2, 0.25) is 0 Å². The monoisotopic (exact) mass is 591 g/mol. The van der Waals surface area contributed by atoms with E-state index in [2.05, 4.69) is 31.3 Å². The molecular formula is C29H26BrN3O6. The third kappa shape index (κ3) is 8.18. The molecule has 2 amide bonds. The van der Waals surface area contributed by atoms with E-state index in [0.717, 1.165) is 5.56 Å². The molecule has 0 spiro atoms. The Hall–Kier alpha value is -4.62. The van der Waals surface area contributed by atoms with Gasteiger partial charge in [0, 0.05) is 11.4 Å². The summed E-state index contributed by atoms with van der Waals surface area (Å²) < 4.78 is 16.6. The Morgan fingerprint density at radius 3 is 2.23 bits per heavy atom. The Balaban J connectivity index is 1.74. The number of carbonyl (C=O) groups is 3. The molecule has 3 rings (SSSR count). The van der Waals surface area contributed by atoms with Crippen molar-refractivity contribution >= 4 is 51.2 Å². The third-order valence-electron chi connectivity index (χ3n) is 5.25. The fraction of sp³-hybridized carbons (Fsp3) is 0.172. The van der Waals surface area contributed by atoms with Crippen LogP contribution in [0.25, 0.3) is 6.08 Å². The maximum atomic E-state index is 12.7. The maximum absolute atomic E-state index is 12.7. The minimum absolute atomic E-state index is 0.160. The van der Waals surface area contributed by atoms with Gasteiger partial charge in [-0.1, -0.05) is 17.7 Å². The summed E-state index contributed by atoms with van der Waals surface area (Å²) in [5.74, 6) is -0.842. The topological polar surface area (TPSA) is 127 Å². The van der Waals surface area contributed by atoms with Crippen LogP contribution < -0.4 is 20.1 Å². The minimum atomic E-state index is -0.634. The van der Waals surface area contributed by atoms with Crippen LogP contribution in [0.5, 0.6) is 11.5 Å². The molecule has 0 aliphatic heterocycles. The van der Waals surface area contributed by atoms with Crippen LogP contribution in [-0.4, -0.2) is 38.1 Å². The Kier molecular flexibility index (Phi) is 10.2. The molecule has 0 heterocycles. The first kappa shape index (κ1) is 28.9. The highest BCUT2D eigenvalue weighted by Gasteiger charge is 2.16. The predicted molar refractivity (Wildman–Crippen MR) is 151 cm³/mol. The molecule has 0 saturated heterocycles. The third-order valence-corrected chi connectivity index (χ3v) is 5.84. The zero-order valence-corrected chi connectivity index (χ0v) is 23.1. The van der Waals surface area contributed by atoms with Gasteiger partial charge in [0.2, 0.25) is 0 Å². The van der Waals surface area contributed by atoms with Crippen LogP contribution in [0.15, 0.2) is 70.7 Å². The van der Waals surface area contributed by atoms with E-state index in [9.17, 15) is 19.6 Å². The standard InChI is InChI=1S/C29H26BrN3O6/c1-4-38-25-15-19(13-21(16-31)28(35)33-23-11-7-20(8-12-23)29(36)37-3)14-24(30)27(25)39-17-26(34)32-22-9-5-18(2)6-10-22/h5-15H,4,17H2,1-3H3,(H,32,34)(H,33,35)/b21-13+. The summed E-state index contributed by atoms with van der Waals surface area (Å²) in [5, 5.41) is 15.0. The highest BCUT2D eigenvalue weighted by atomic mass is 79.9. The number of nitrogens with one attached hydrogen (secondary N) is 2. The number of nitrogens with zero attached hydrogens (tertiary/aromatic N) is 1. The van der Waals surface area contributed by atoms with E-state index >= 15 is 0 Å². The van der Waals surface area contributed by atoms with Gasteiger partial charge in [0.05, 0.1) is 23.8 Å². The molecule has 3 aromatic carbocycles. The van der Waals surface area contributed by atoms with Crippen LogP contribution in [0.4, 0.5) is 11.4 Å². The van der Waals surface area contributed by atoms with E-state index in [1.165, 1.54) is 37.5 Å². The van der Waals surface area contributed by atoms with Crippen molar-refractivity contribution in [2.45, 2.75) is 13.8 Å². The van der Waals surface area contributed by atoms with E-state index in [1.807, 2.05) is 25.1 Å². The van der Waals surface area contributed by atoms with Gasteiger partial charge in [-0.05, 0) is 89.9 Å². The minimum Gasteiger partial charge on any atom is -0.490 e. The second-order valence-corrected chi connectivity index (χ2v) is 9.01. The molecule has 10 heteroatoms. The van der Waals surface area contributed by atoms with Gasteiger partial charge in [0.1, 0.15) is 11.6 Å². The number of halogens is 1. The molecule has 0 aromatic heterocycles. The lowest BCUT2D eigenvalue weighted by Crippen LogP contribution is -2.20. The number of ether oxygens (including phenoxy) is 3. The lowest BCUT2D eigenvalue weighted by atomic mass is 10.1. The van der Waals surface area contributed by atoms with Crippen molar-refractivity contribution < 1.29 is 28.6 Å². The molecule has 3 aromatic rings. The van der Waals surface area contributed by atoms with E-state index in [0.29, 0.717) is 45.1 Å².